The molecule has 3 aromatic rings. The molecule has 3 N–H and O–H groups in total. The molecule has 25 heavy (non-hydrogen) atoms. The third-order valence-electron chi connectivity index (χ3n) is 4.08. The first kappa shape index (κ1) is 15.4. The summed E-state index contributed by atoms with van der Waals surface area (Å²) in [6.45, 7) is 3.10. The van der Waals surface area contributed by atoms with Gasteiger partial charge in [-0.1, -0.05) is 0 Å². The standard InChI is InChI=1S/C15H15FN8O/c1-8-19-22-23-24(8)13-6-9(2-3-11(13)16)18-15(25)14-10-7-17-5-4-12(10)20-21-14/h2-3,6,17H,4-5,7H2,1H3,(H,18,25)(H,20,21). The Labute approximate surface area is 141 Å². The smallest absolute Gasteiger partial charge is 0.276 e. The number of hydrogen-bond donors (Lipinski definition) is 3. The first-order chi connectivity index (χ1) is 12.1. The third-order valence-corrected chi connectivity index (χ3v) is 4.08. The van der Waals surface area contributed by atoms with Gasteiger partial charge in [0.05, 0.1) is 0 Å². The zero-order valence-corrected chi connectivity index (χ0v) is 13.4. The Balaban J connectivity index is 1.62. The van der Waals surface area contributed by atoms with Gasteiger partial charge in [0.15, 0.2) is 11.5 Å². The Morgan fingerprint density at radius 1 is 1.40 bits per heavy atom. The van der Waals surface area contributed by atoms with Gasteiger partial charge in [0.1, 0.15) is 11.5 Å². The van der Waals surface area contributed by atoms with Crippen LogP contribution in [0.15, 0.2) is 18.2 Å². The summed E-state index contributed by atoms with van der Waals surface area (Å²) in [6.07, 6.45) is 0.800. The number of carbonyl (C=O) groups is 1. The van der Waals surface area contributed by atoms with Gasteiger partial charge in [0.25, 0.3) is 5.91 Å². The molecule has 0 bridgehead atoms. The van der Waals surface area contributed by atoms with Crippen molar-refractivity contribution < 1.29 is 9.18 Å². The van der Waals surface area contributed by atoms with Crippen molar-refractivity contribution in [1.82, 2.24) is 35.7 Å². The Kier molecular flexibility index (Phi) is 3.73. The third kappa shape index (κ3) is 2.76. The Morgan fingerprint density at radius 3 is 3.08 bits per heavy atom. The van der Waals surface area contributed by atoms with Crippen LogP contribution in [0.5, 0.6) is 0 Å². The largest absolute Gasteiger partial charge is 0.321 e. The molecule has 0 atom stereocenters. The molecule has 0 unspecified atom stereocenters. The fraction of sp³-hybridized carbons (Fsp3) is 0.267. The number of aromatic nitrogens is 6. The highest BCUT2D eigenvalue weighted by atomic mass is 19.1. The molecule has 10 heteroatoms. The maximum atomic E-state index is 14.1. The summed E-state index contributed by atoms with van der Waals surface area (Å²) < 4.78 is 15.4. The monoisotopic (exact) mass is 342 g/mol. The molecule has 3 heterocycles. The molecular weight excluding hydrogens is 327 g/mol. The number of tetrazole rings is 1. The second kappa shape index (κ2) is 6.06. The number of nitrogens with zero attached hydrogens (tertiary/aromatic N) is 5. The molecule has 4 rings (SSSR count). The zero-order chi connectivity index (χ0) is 17.4. The molecule has 128 valence electrons. The number of benzene rings is 1. The lowest BCUT2D eigenvalue weighted by Crippen LogP contribution is -2.25. The first-order valence-corrected chi connectivity index (χ1v) is 7.76. The number of anilines is 1. The summed E-state index contributed by atoms with van der Waals surface area (Å²) >= 11 is 0. The molecule has 0 saturated carbocycles. The van der Waals surface area contributed by atoms with Gasteiger partial charge in [-0.05, 0) is 35.5 Å². The van der Waals surface area contributed by atoms with E-state index in [1.54, 1.807) is 6.92 Å². The van der Waals surface area contributed by atoms with Crippen molar-refractivity contribution in [1.29, 1.82) is 0 Å². The van der Waals surface area contributed by atoms with E-state index >= 15 is 0 Å². The number of rotatable bonds is 3. The van der Waals surface area contributed by atoms with E-state index in [-0.39, 0.29) is 11.6 Å². The maximum absolute atomic E-state index is 14.1. The lowest BCUT2D eigenvalue weighted by Gasteiger charge is -2.13. The molecule has 0 spiro atoms. The van der Waals surface area contributed by atoms with Gasteiger partial charge >= 0.3 is 0 Å². The molecule has 1 aliphatic heterocycles. The summed E-state index contributed by atoms with van der Waals surface area (Å²) in [6, 6.07) is 4.22. The van der Waals surface area contributed by atoms with Gasteiger partial charge in [-0.25, -0.2) is 4.39 Å². The van der Waals surface area contributed by atoms with E-state index in [0.29, 0.717) is 23.8 Å². The SMILES string of the molecule is Cc1nnnn1-c1cc(NC(=O)c2n[nH]c3c2CNCC3)ccc1F. The molecule has 0 aliphatic carbocycles. The van der Waals surface area contributed by atoms with Crippen molar-refractivity contribution in [3.05, 3.63) is 46.8 Å². The van der Waals surface area contributed by atoms with Gasteiger partial charge in [0, 0.05) is 36.5 Å². The first-order valence-electron chi connectivity index (χ1n) is 7.76. The molecule has 1 aromatic carbocycles. The summed E-state index contributed by atoms with van der Waals surface area (Å²) in [7, 11) is 0. The quantitative estimate of drug-likeness (QED) is 0.647. The Hall–Kier alpha value is -3.14. The fourth-order valence-electron chi connectivity index (χ4n) is 2.81. The Bertz CT molecular complexity index is 947. The molecular formula is C15H15FN8O. The van der Waals surface area contributed by atoms with Crippen LogP contribution in [0.3, 0.4) is 0 Å². The molecule has 0 fully saturated rings. The average Bonchev–Trinajstić information content (AvgIpc) is 3.23. The number of aromatic amines is 1. The van der Waals surface area contributed by atoms with Crippen LogP contribution in [0.2, 0.25) is 0 Å². The van der Waals surface area contributed by atoms with Crippen LogP contribution in [0.25, 0.3) is 5.69 Å². The summed E-state index contributed by atoms with van der Waals surface area (Å²) in [5.41, 5.74) is 2.75. The van der Waals surface area contributed by atoms with Crippen molar-refractivity contribution >= 4 is 11.6 Å². The van der Waals surface area contributed by atoms with Crippen LogP contribution in [-0.4, -0.2) is 42.9 Å². The van der Waals surface area contributed by atoms with Crippen molar-refractivity contribution in [2.24, 2.45) is 0 Å². The van der Waals surface area contributed by atoms with Crippen LogP contribution < -0.4 is 10.6 Å². The van der Waals surface area contributed by atoms with E-state index in [0.717, 1.165) is 24.2 Å². The van der Waals surface area contributed by atoms with E-state index in [1.165, 1.54) is 22.9 Å². The van der Waals surface area contributed by atoms with E-state index in [9.17, 15) is 9.18 Å². The van der Waals surface area contributed by atoms with Gasteiger partial charge in [-0.15, -0.1) is 5.10 Å². The predicted octanol–water partition coefficient (Wildman–Crippen LogP) is 0.731. The molecule has 0 saturated heterocycles. The van der Waals surface area contributed by atoms with Gasteiger partial charge in [-0.2, -0.15) is 9.78 Å². The highest BCUT2D eigenvalue weighted by molar-refractivity contribution is 6.04. The zero-order valence-electron chi connectivity index (χ0n) is 13.4. The second-order valence-corrected chi connectivity index (χ2v) is 5.71. The lowest BCUT2D eigenvalue weighted by atomic mass is 10.1. The fourth-order valence-corrected chi connectivity index (χ4v) is 2.81. The Morgan fingerprint density at radius 2 is 2.28 bits per heavy atom. The number of carbonyl (C=O) groups excluding carboxylic acids is 1. The van der Waals surface area contributed by atoms with Crippen LogP contribution in [0.4, 0.5) is 10.1 Å². The van der Waals surface area contributed by atoms with Gasteiger partial charge < -0.3 is 10.6 Å². The number of hydrogen-bond acceptors (Lipinski definition) is 6. The van der Waals surface area contributed by atoms with Crippen LogP contribution in [0.1, 0.15) is 27.6 Å². The summed E-state index contributed by atoms with van der Waals surface area (Å²) in [5.74, 6) is -0.406. The van der Waals surface area contributed by atoms with E-state index in [2.05, 4.69) is 36.4 Å². The minimum absolute atomic E-state index is 0.158. The topological polar surface area (TPSA) is 113 Å². The number of amides is 1. The van der Waals surface area contributed by atoms with Crippen LogP contribution in [0, 0.1) is 12.7 Å². The summed E-state index contributed by atoms with van der Waals surface area (Å²) in [4.78, 5) is 12.5. The summed E-state index contributed by atoms with van der Waals surface area (Å²) in [5, 5.41) is 24.0. The number of fused-ring (bicyclic) bond motifs is 1. The minimum Gasteiger partial charge on any atom is -0.321 e. The van der Waals surface area contributed by atoms with E-state index in [1.807, 2.05) is 0 Å². The molecule has 0 radical (unpaired) electrons. The van der Waals surface area contributed by atoms with E-state index < -0.39 is 5.82 Å². The highest BCUT2D eigenvalue weighted by Gasteiger charge is 2.22. The number of H-pyrrole nitrogens is 1. The molecule has 9 nitrogen and oxygen atoms in total. The van der Waals surface area contributed by atoms with E-state index in [4.69, 9.17) is 0 Å². The molecule has 2 aromatic heterocycles. The second-order valence-electron chi connectivity index (χ2n) is 5.71. The average molecular weight is 342 g/mol. The highest BCUT2D eigenvalue weighted by Crippen LogP contribution is 2.21. The predicted molar refractivity (Wildman–Crippen MR) is 85.8 cm³/mol. The molecule has 1 amide bonds. The van der Waals surface area contributed by atoms with Crippen molar-refractivity contribution in [3.8, 4) is 5.69 Å². The van der Waals surface area contributed by atoms with Crippen molar-refractivity contribution in [3.63, 3.8) is 0 Å². The van der Waals surface area contributed by atoms with Crippen molar-refractivity contribution in [2.45, 2.75) is 19.9 Å². The van der Waals surface area contributed by atoms with Gasteiger partial charge in [0.2, 0.25) is 0 Å². The lowest BCUT2D eigenvalue weighted by molar-refractivity contribution is 0.102. The normalized spacial score (nSPS) is 13.5. The minimum atomic E-state index is -0.491. The number of nitrogens with one attached hydrogen (secondary N) is 3. The van der Waals surface area contributed by atoms with Crippen LogP contribution in [-0.2, 0) is 13.0 Å². The van der Waals surface area contributed by atoms with Gasteiger partial charge in [-0.3, -0.25) is 9.89 Å². The number of aryl methyl sites for hydroxylation is 1. The molecule has 1 aliphatic rings. The maximum Gasteiger partial charge on any atom is 0.276 e. The number of halogens is 1. The van der Waals surface area contributed by atoms with Crippen molar-refractivity contribution in [2.75, 3.05) is 11.9 Å². The van der Waals surface area contributed by atoms with Crippen LogP contribution >= 0.6 is 0 Å².